The third-order valence-corrected chi connectivity index (χ3v) is 6.19. The van der Waals surface area contributed by atoms with Crippen molar-refractivity contribution in [1.82, 2.24) is 10.4 Å². The molecule has 2 aliphatic rings. The molecule has 4 nitrogen and oxygen atoms in total. The monoisotopic (exact) mass is 362 g/mol. The molecule has 0 aromatic heterocycles. The standard InChI is InChI=1S/C23H26N2O2/c1-21(2)22(3,4)25-23(5,24-21)18(19(26)16-12-8-6-9-13-16)20(27-25)17-14-10-7-11-15-17/h6-15,24H,1-5H3. The van der Waals surface area contributed by atoms with Gasteiger partial charge in [0.1, 0.15) is 5.66 Å². The Kier molecular flexibility index (Phi) is 3.85. The van der Waals surface area contributed by atoms with Crippen molar-refractivity contribution in [3.63, 3.8) is 0 Å². The molecule has 4 rings (SSSR count). The largest absolute Gasteiger partial charge is 0.402 e. The van der Waals surface area contributed by atoms with Crippen LogP contribution in [0.5, 0.6) is 0 Å². The molecule has 0 spiro atoms. The molecule has 27 heavy (non-hydrogen) atoms. The second kappa shape index (κ2) is 5.78. The van der Waals surface area contributed by atoms with E-state index >= 15 is 0 Å². The number of nitrogens with zero attached hydrogens (tertiary/aromatic N) is 1. The number of ketones is 1. The number of carbonyl (C=O) groups is 1. The van der Waals surface area contributed by atoms with Crippen molar-refractivity contribution >= 4 is 11.5 Å². The Morgan fingerprint density at radius 2 is 1.44 bits per heavy atom. The van der Waals surface area contributed by atoms with E-state index in [9.17, 15) is 4.79 Å². The first-order valence-electron chi connectivity index (χ1n) is 9.36. The van der Waals surface area contributed by atoms with Crippen LogP contribution in [-0.2, 0) is 4.84 Å². The third-order valence-electron chi connectivity index (χ3n) is 6.19. The van der Waals surface area contributed by atoms with Gasteiger partial charge in [0.15, 0.2) is 11.5 Å². The molecule has 0 aliphatic carbocycles. The number of benzene rings is 2. The van der Waals surface area contributed by atoms with Gasteiger partial charge in [-0.1, -0.05) is 60.7 Å². The van der Waals surface area contributed by atoms with Gasteiger partial charge in [0, 0.05) is 16.7 Å². The van der Waals surface area contributed by atoms with E-state index in [-0.39, 0.29) is 16.9 Å². The van der Waals surface area contributed by atoms with Crippen LogP contribution >= 0.6 is 0 Å². The van der Waals surface area contributed by atoms with Crippen LogP contribution in [0.2, 0.25) is 0 Å². The molecule has 1 N–H and O–H groups in total. The molecular formula is C23H26N2O2. The van der Waals surface area contributed by atoms with Gasteiger partial charge in [-0.25, -0.2) is 0 Å². The van der Waals surface area contributed by atoms with E-state index < -0.39 is 5.66 Å². The van der Waals surface area contributed by atoms with E-state index in [1.165, 1.54) is 0 Å². The van der Waals surface area contributed by atoms with Crippen molar-refractivity contribution in [2.45, 2.75) is 51.4 Å². The number of rotatable bonds is 3. The van der Waals surface area contributed by atoms with Crippen molar-refractivity contribution in [1.29, 1.82) is 0 Å². The summed E-state index contributed by atoms with van der Waals surface area (Å²) in [6.45, 7) is 10.6. The van der Waals surface area contributed by atoms with Crippen LogP contribution < -0.4 is 5.32 Å². The third kappa shape index (κ3) is 2.47. The van der Waals surface area contributed by atoms with E-state index in [0.717, 1.165) is 5.56 Å². The number of hydrogen-bond acceptors (Lipinski definition) is 4. The van der Waals surface area contributed by atoms with Gasteiger partial charge < -0.3 is 4.84 Å². The predicted molar refractivity (Wildman–Crippen MR) is 107 cm³/mol. The van der Waals surface area contributed by atoms with Gasteiger partial charge >= 0.3 is 0 Å². The Balaban J connectivity index is 1.92. The summed E-state index contributed by atoms with van der Waals surface area (Å²) in [6.07, 6.45) is 0. The Labute approximate surface area is 160 Å². The zero-order chi connectivity index (χ0) is 19.4. The highest BCUT2D eigenvalue weighted by Gasteiger charge is 2.65. The lowest BCUT2D eigenvalue weighted by Crippen LogP contribution is -2.52. The van der Waals surface area contributed by atoms with Crippen molar-refractivity contribution < 1.29 is 9.63 Å². The number of carbonyl (C=O) groups excluding carboxylic acids is 1. The van der Waals surface area contributed by atoms with Crippen molar-refractivity contribution in [2.24, 2.45) is 0 Å². The minimum atomic E-state index is -0.717. The Hall–Kier alpha value is -2.43. The number of nitrogens with one attached hydrogen (secondary N) is 1. The second-order valence-corrected chi connectivity index (χ2v) is 8.53. The van der Waals surface area contributed by atoms with E-state index in [1.807, 2.05) is 72.7 Å². The zero-order valence-corrected chi connectivity index (χ0v) is 16.5. The molecule has 140 valence electrons. The van der Waals surface area contributed by atoms with E-state index in [0.29, 0.717) is 16.9 Å². The molecule has 0 bridgehead atoms. The summed E-state index contributed by atoms with van der Waals surface area (Å²) in [5, 5.41) is 5.64. The van der Waals surface area contributed by atoms with Gasteiger partial charge in [-0.3, -0.25) is 10.1 Å². The molecule has 1 fully saturated rings. The first-order chi connectivity index (χ1) is 12.7. The smallest absolute Gasteiger partial charge is 0.196 e. The molecular weight excluding hydrogens is 336 g/mol. The number of hydrogen-bond donors (Lipinski definition) is 1. The lowest BCUT2D eigenvalue weighted by Gasteiger charge is -2.38. The maximum Gasteiger partial charge on any atom is 0.196 e. The van der Waals surface area contributed by atoms with Crippen molar-refractivity contribution in [3.8, 4) is 0 Å². The van der Waals surface area contributed by atoms with Gasteiger partial charge in [-0.05, 0) is 34.6 Å². The average molecular weight is 362 g/mol. The van der Waals surface area contributed by atoms with E-state index in [2.05, 4.69) is 33.0 Å². The molecule has 2 heterocycles. The summed E-state index contributed by atoms with van der Waals surface area (Å²) in [7, 11) is 0. The molecule has 2 aromatic rings. The Bertz CT molecular complexity index is 916. The lowest BCUT2D eigenvalue weighted by molar-refractivity contribution is -0.169. The molecule has 4 heteroatoms. The summed E-state index contributed by atoms with van der Waals surface area (Å²) < 4.78 is 0. The highest BCUT2D eigenvalue weighted by molar-refractivity contribution is 6.14. The summed E-state index contributed by atoms with van der Waals surface area (Å²) in [5.74, 6) is 0.614. The zero-order valence-electron chi connectivity index (χ0n) is 16.5. The van der Waals surface area contributed by atoms with Gasteiger partial charge in [-0.2, -0.15) is 0 Å². The van der Waals surface area contributed by atoms with E-state index in [1.54, 1.807) is 0 Å². The summed E-state index contributed by atoms with van der Waals surface area (Å²) in [6, 6.07) is 19.3. The van der Waals surface area contributed by atoms with Gasteiger partial charge in [-0.15, -0.1) is 5.06 Å². The molecule has 0 saturated carbocycles. The summed E-state index contributed by atoms with van der Waals surface area (Å²) >= 11 is 0. The van der Waals surface area contributed by atoms with Crippen LogP contribution in [0.15, 0.2) is 66.2 Å². The molecule has 1 unspecified atom stereocenters. The van der Waals surface area contributed by atoms with Crippen molar-refractivity contribution in [2.75, 3.05) is 0 Å². The van der Waals surface area contributed by atoms with Gasteiger partial charge in [0.2, 0.25) is 0 Å². The fourth-order valence-electron chi connectivity index (χ4n) is 4.20. The number of fused-ring (bicyclic) bond motifs is 1. The topological polar surface area (TPSA) is 41.6 Å². The minimum absolute atomic E-state index is 0.0135. The molecule has 0 radical (unpaired) electrons. The normalized spacial score (nSPS) is 26.0. The predicted octanol–water partition coefficient (Wildman–Crippen LogP) is 4.40. The number of Topliss-reactive ketones (excluding diaryl/α,β-unsaturated/α-hetero) is 1. The molecule has 1 atom stereocenters. The quantitative estimate of drug-likeness (QED) is 0.822. The highest BCUT2D eigenvalue weighted by atomic mass is 16.7. The van der Waals surface area contributed by atoms with Crippen LogP contribution in [0, 0.1) is 0 Å². The SMILES string of the molecule is CC12NC(C)(C)C(C)(C)N1OC(c1ccccc1)=C2C(=O)c1ccccc1. The van der Waals surface area contributed by atoms with Crippen LogP contribution in [0.25, 0.3) is 5.76 Å². The fraction of sp³-hybridized carbons (Fsp3) is 0.348. The van der Waals surface area contributed by atoms with Crippen LogP contribution in [0.4, 0.5) is 0 Å². The number of hydroxylamine groups is 2. The maximum absolute atomic E-state index is 13.6. The first kappa shape index (κ1) is 18.0. The average Bonchev–Trinajstić information content (AvgIpc) is 3.01. The second-order valence-electron chi connectivity index (χ2n) is 8.53. The van der Waals surface area contributed by atoms with Crippen LogP contribution in [0.3, 0.4) is 0 Å². The summed E-state index contributed by atoms with van der Waals surface area (Å²) in [4.78, 5) is 20.0. The van der Waals surface area contributed by atoms with Crippen LogP contribution in [0.1, 0.15) is 50.5 Å². The minimum Gasteiger partial charge on any atom is -0.402 e. The van der Waals surface area contributed by atoms with E-state index in [4.69, 9.17) is 4.84 Å². The summed E-state index contributed by atoms with van der Waals surface area (Å²) in [5.41, 5.74) is 0.941. The fourth-order valence-corrected chi connectivity index (χ4v) is 4.20. The Morgan fingerprint density at radius 1 is 0.889 bits per heavy atom. The van der Waals surface area contributed by atoms with Crippen LogP contribution in [-0.4, -0.2) is 27.6 Å². The first-order valence-corrected chi connectivity index (χ1v) is 9.36. The van der Waals surface area contributed by atoms with Gasteiger partial charge in [0.05, 0.1) is 11.1 Å². The molecule has 0 amide bonds. The molecule has 2 aliphatic heterocycles. The van der Waals surface area contributed by atoms with Gasteiger partial charge in [0.25, 0.3) is 0 Å². The van der Waals surface area contributed by atoms with Crippen molar-refractivity contribution in [3.05, 3.63) is 77.4 Å². The lowest BCUT2D eigenvalue weighted by atomic mass is 9.84. The molecule has 2 aromatic carbocycles. The Morgan fingerprint density at radius 3 is 2.04 bits per heavy atom. The highest BCUT2D eigenvalue weighted by Crippen LogP contribution is 2.52. The molecule has 1 saturated heterocycles. The maximum atomic E-state index is 13.6.